The van der Waals surface area contributed by atoms with Crippen LogP contribution in [0.5, 0.6) is 0 Å². The standard InChI is InChI=1S/C17H24O3S/c1-4-21-17-12(3)11(2)15-14(19-17)10-18-16(20-15)13-8-6-5-7-9-13/h5-9,11-12,14-17H,4,10H2,1-3H3/t11-,12?,14?,15?,16?,17+/m1/s1. The van der Waals surface area contributed by atoms with Gasteiger partial charge in [0.05, 0.1) is 12.7 Å². The van der Waals surface area contributed by atoms with E-state index >= 15 is 0 Å². The second-order valence-corrected chi connectivity index (χ2v) is 7.27. The lowest BCUT2D eigenvalue weighted by Crippen LogP contribution is -2.54. The number of benzene rings is 1. The summed E-state index contributed by atoms with van der Waals surface area (Å²) in [5.41, 5.74) is 1.34. The molecule has 0 spiro atoms. The van der Waals surface area contributed by atoms with E-state index in [2.05, 4.69) is 32.9 Å². The van der Waals surface area contributed by atoms with Gasteiger partial charge in [0.25, 0.3) is 0 Å². The van der Waals surface area contributed by atoms with Crippen molar-refractivity contribution in [2.45, 2.75) is 44.7 Å². The van der Waals surface area contributed by atoms with Gasteiger partial charge in [-0.25, -0.2) is 0 Å². The number of ether oxygens (including phenoxy) is 3. The zero-order valence-corrected chi connectivity index (χ0v) is 13.7. The van der Waals surface area contributed by atoms with Crippen LogP contribution in [0.4, 0.5) is 0 Å². The van der Waals surface area contributed by atoms with Crippen molar-refractivity contribution in [1.29, 1.82) is 0 Å². The monoisotopic (exact) mass is 308 g/mol. The summed E-state index contributed by atoms with van der Waals surface area (Å²) in [6, 6.07) is 10.2. The van der Waals surface area contributed by atoms with E-state index in [0.29, 0.717) is 18.4 Å². The highest BCUT2D eigenvalue weighted by molar-refractivity contribution is 7.99. The van der Waals surface area contributed by atoms with Crippen LogP contribution < -0.4 is 0 Å². The molecule has 0 N–H and O–H groups in total. The van der Waals surface area contributed by atoms with Gasteiger partial charge in [-0.2, -0.15) is 0 Å². The fourth-order valence-electron chi connectivity index (χ4n) is 3.11. The van der Waals surface area contributed by atoms with Crippen molar-refractivity contribution in [2.75, 3.05) is 12.4 Å². The van der Waals surface area contributed by atoms with E-state index in [9.17, 15) is 0 Å². The Hall–Kier alpha value is -0.550. The second-order valence-electron chi connectivity index (χ2n) is 5.89. The molecule has 1 aromatic carbocycles. The fraction of sp³-hybridized carbons (Fsp3) is 0.647. The Morgan fingerprint density at radius 1 is 1.10 bits per heavy atom. The molecule has 0 bridgehead atoms. The number of rotatable bonds is 3. The third-order valence-electron chi connectivity index (χ3n) is 4.55. The molecule has 0 aromatic heterocycles. The maximum Gasteiger partial charge on any atom is 0.184 e. The lowest BCUT2D eigenvalue weighted by Gasteiger charge is -2.48. The molecule has 4 unspecified atom stereocenters. The maximum atomic E-state index is 6.23. The van der Waals surface area contributed by atoms with Crippen molar-refractivity contribution in [3.63, 3.8) is 0 Å². The Kier molecular flexibility index (Phi) is 4.89. The lowest BCUT2D eigenvalue weighted by atomic mass is 9.85. The van der Waals surface area contributed by atoms with Crippen molar-refractivity contribution in [2.24, 2.45) is 11.8 Å². The van der Waals surface area contributed by atoms with Gasteiger partial charge >= 0.3 is 0 Å². The molecule has 2 heterocycles. The molecule has 0 aliphatic carbocycles. The van der Waals surface area contributed by atoms with Gasteiger partial charge in [0.15, 0.2) is 6.29 Å². The van der Waals surface area contributed by atoms with Crippen molar-refractivity contribution in [1.82, 2.24) is 0 Å². The van der Waals surface area contributed by atoms with Crippen molar-refractivity contribution >= 4 is 11.8 Å². The topological polar surface area (TPSA) is 27.7 Å². The summed E-state index contributed by atoms with van der Waals surface area (Å²) in [7, 11) is 0. The van der Waals surface area contributed by atoms with E-state index in [1.54, 1.807) is 0 Å². The predicted octanol–water partition coefficient (Wildman–Crippen LogP) is 3.85. The summed E-state index contributed by atoms with van der Waals surface area (Å²) in [6.45, 7) is 7.34. The van der Waals surface area contributed by atoms with Crippen molar-refractivity contribution in [3.05, 3.63) is 35.9 Å². The Morgan fingerprint density at radius 2 is 1.86 bits per heavy atom. The molecule has 2 saturated heterocycles. The summed E-state index contributed by atoms with van der Waals surface area (Å²) in [4.78, 5) is 0. The van der Waals surface area contributed by atoms with Crippen LogP contribution in [0.15, 0.2) is 30.3 Å². The third kappa shape index (κ3) is 3.14. The molecular formula is C17H24O3S. The molecule has 0 saturated carbocycles. The molecule has 1 aromatic rings. The molecule has 116 valence electrons. The van der Waals surface area contributed by atoms with Gasteiger partial charge in [-0.15, -0.1) is 11.8 Å². The minimum absolute atomic E-state index is 0.0558. The average Bonchev–Trinajstić information content (AvgIpc) is 2.53. The van der Waals surface area contributed by atoms with E-state index in [1.165, 1.54) is 0 Å². The Morgan fingerprint density at radius 3 is 2.57 bits per heavy atom. The third-order valence-corrected chi connectivity index (χ3v) is 5.75. The molecule has 2 aliphatic heterocycles. The largest absolute Gasteiger partial charge is 0.359 e. The summed E-state index contributed by atoms with van der Waals surface area (Å²) >= 11 is 1.88. The molecule has 3 rings (SSSR count). The van der Waals surface area contributed by atoms with Crippen LogP contribution in [0.2, 0.25) is 0 Å². The molecule has 0 radical (unpaired) electrons. The van der Waals surface area contributed by atoms with E-state index in [4.69, 9.17) is 14.2 Å². The number of thioether (sulfide) groups is 1. The summed E-state index contributed by atoms with van der Waals surface area (Å²) in [6.07, 6.45) is -0.0889. The molecule has 0 amide bonds. The smallest absolute Gasteiger partial charge is 0.184 e. The second kappa shape index (κ2) is 6.69. The van der Waals surface area contributed by atoms with Crippen LogP contribution in [-0.2, 0) is 14.2 Å². The zero-order valence-electron chi connectivity index (χ0n) is 12.9. The van der Waals surface area contributed by atoms with Gasteiger partial charge in [-0.1, -0.05) is 51.1 Å². The molecule has 6 atom stereocenters. The van der Waals surface area contributed by atoms with Gasteiger partial charge in [-0.3, -0.25) is 0 Å². The van der Waals surface area contributed by atoms with Crippen LogP contribution in [-0.4, -0.2) is 30.0 Å². The van der Waals surface area contributed by atoms with E-state index in [-0.39, 0.29) is 23.9 Å². The highest BCUT2D eigenvalue weighted by Crippen LogP contribution is 2.41. The molecule has 4 heteroatoms. The molecular weight excluding hydrogens is 284 g/mol. The predicted molar refractivity (Wildman–Crippen MR) is 85.1 cm³/mol. The SMILES string of the molecule is CCS[C@@H]1OC2COC(c3ccccc3)OC2[C@H](C)C1C. The minimum Gasteiger partial charge on any atom is -0.359 e. The van der Waals surface area contributed by atoms with Crippen LogP contribution in [0, 0.1) is 11.8 Å². The lowest BCUT2D eigenvalue weighted by molar-refractivity contribution is -0.300. The molecule has 21 heavy (non-hydrogen) atoms. The normalized spacial score (nSPS) is 39.8. The summed E-state index contributed by atoms with van der Waals surface area (Å²) in [5, 5.41) is 0. The Balaban J connectivity index is 1.71. The Bertz CT molecular complexity index is 451. The Labute approximate surface area is 131 Å². The average molecular weight is 308 g/mol. The number of fused-ring (bicyclic) bond motifs is 1. The zero-order chi connectivity index (χ0) is 14.8. The first-order valence-corrected chi connectivity index (χ1v) is 8.84. The van der Waals surface area contributed by atoms with Gasteiger partial charge in [-0.05, 0) is 17.6 Å². The summed E-state index contributed by atoms with van der Waals surface area (Å²) < 4.78 is 18.3. The van der Waals surface area contributed by atoms with Crippen molar-refractivity contribution < 1.29 is 14.2 Å². The highest BCUT2D eigenvalue weighted by atomic mass is 32.2. The first kappa shape index (κ1) is 15.3. The molecule has 2 fully saturated rings. The first-order chi connectivity index (χ1) is 10.2. The van der Waals surface area contributed by atoms with Crippen molar-refractivity contribution in [3.8, 4) is 0 Å². The van der Waals surface area contributed by atoms with Gasteiger partial charge in [0, 0.05) is 5.56 Å². The van der Waals surface area contributed by atoms with Gasteiger partial charge in [0.2, 0.25) is 0 Å². The van der Waals surface area contributed by atoms with Crippen LogP contribution >= 0.6 is 11.8 Å². The number of hydrogen-bond donors (Lipinski definition) is 0. The first-order valence-electron chi connectivity index (χ1n) is 7.79. The fourth-order valence-corrected chi connectivity index (χ4v) is 4.21. The minimum atomic E-state index is -0.263. The summed E-state index contributed by atoms with van der Waals surface area (Å²) in [5.74, 6) is 2.04. The van der Waals surface area contributed by atoms with Crippen LogP contribution in [0.3, 0.4) is 0 Å². The maximum absolute atomic E-state index is 6.23. The van der Waals surface area contributed by atoms with E-state index < -0.39 is 0 Å². The number of hydrogen-bond acceptors (Lipinski definition) is 4. The van der Waals surface area contributed by atoms with Crippen LogP contribution in [0.25, 0.3) is 0 Å². The highest BCUT2D eigenvalue weighted by Gasteiger charge is 2.46. The van der Waals surface area contributed by atoms with Gasteiger partial charge < -0.3 is 14.2 Å². The van der Waals surface area contributed by atoms with E-state index in [1.807, 2.05) is 30.0 Å². The molecule has 2 aliphatic rings. The van der Waals surface area contributed by atoms with Gasteiger partial charge in [0.1, 0.15) is 11.5 Å². The quantitative estimate of drug-likeness (QED) is 0.847. The van der Waals surface area contributed by atoms with E-state index in [0.717, 1.165) is 11.3 Å². The molecule has 3 nitrogen and oxygen atoms in total. The van der Waals surface area contributed by atoms with Crippen LogP contribution in [0.1, 0.15) is 32.6 Å².